The van der Waals surface area contributed by atoms with Gasteiger partial charge in [-0.15, -0.1) is 0 Å². The lowest BCUT2D eigenvalue weighted by Gasteiger charge is -2.43. The highest BCUT2D eigenvalue weighted by atomic mass is 16.6. The van der Waals surface area contributed by atoms with Crippen LogP contribution < -0.4 is 0 Å². The van der Waals surface area contributed by atoms with Gasteiger partial charge in [-0.3, -0.25) is 0 Å². The maximum absolute atomic E-state index is 10.3. The number of ether oxygens (including phenoxy) is 1. The van der Waals surface area contributed by atoms with Crippen molar-refractivity contribution < 1.29 is 9.84 Å². The Morgan fingerprint density at radius 3 is 2.53 bits per heavy atom. The molecule has 2 nitrogen and oxygen atoms in total. The van der Waals surface area contributed by atoms with Crippen LogP contribution in [0.2, 0.25) is 0 Å². The van der Waals surface area contributed by atoms with Gasteiger partial charge in [0.15, 0.2) is 6.29 Å². The molecule has 1 N–H and O–H groups in total. The molecule has 1 aliphatic rings. The van der Waals surface area contributed by atoms with Crippen molar-refractivity contribution in [1.82, 2.24) is 0 Å². The lowest BCUT2D eigenvalue weighted by molar-refractivity contribution is -0.180. The molecule has 112 valence electrons. The van der Waals surface area contributed by atoms with Crippen LogP contribution in [0.15, 0.2) is 12.2 Å². The highest BCUT2D eigenvalue weighted by Crippen LogP contribution is 2.43. The zero-order valence-electron chi connectivity index (χ0n) is 13.2. The maximum atomic E-state index is 10.3. The Kier molecular flexibility index (Phi) is 7.09. The van der Waals surface area contributed by atoms with Gasteiger partial charge in [0.2, 0.25) is 0 Å². The second-order valence-electron chi connectivity index (χ2n) is 6.10. The molecule has 0 spiro atoms. The van der Waals surface area contributed by atoms with Gasteiger partial charge in [0.1, 0.15) is 0 Å². The number of hydrogen-bond acceptors (Lipinski definition) is 2. The van der Waals surface area contributed by atoms with E-state index in [9.17, 15) is 5.11 Å². The first kappa shape index (κ1) is 16.7. The smallest absolute Gasteiger partial charge is 0.164 e. The van der Waals surface area contributed by atoms with Crippen molar-refractivity contribution in [2.75, 3.05) is 6.61 Å². The molecule has 4 atom stereocenters. The second-order valence-corrected chi connectivity index (χ2v) is 6.10. The number of aliphatic hydroxyl groups is 1. The van der Waals surface area contributed by atoms with Gasteiger partial charge in [0.25, 0.3) is 0 Å². The average molecular weight is 268 g/mol. The van der Waals surface area contributed by atoms with E-state index in [0.29, 0.717) is 12.5 Å². The Morgan fingerprint density at radius 1 is 1.26 bits per heavy atom. The zero-order valence-corrected chi connectivity index (χ0v) is 13.2. The molecule has 0 saturated carbocycles. The van der Waals surface area contributed by atoms with Crippen LogP contribution in [0.1, 0.15) is 66.2 Å². The normalized spacial score (nSPS) is 30.3. The van der Waals surface area contributed by atoms with E-state index < -0.39 is 6.29 Å². The van der Waals surface area contributed by atoms with Crippen LogP contribution in [0.3, 0.4) is 0 Å². The van der Waals surface area contributed by atoms with E-state index in [2.05, 4.69) is 39.8 Å². The van der Waals surface area contributed by atoms with Gasteiger partial charge in [0.05, 0.1) is 6.61 Å². The molecule has 0 amide bonds. The quantitative estimate of drug-likeness (QED) is 0.655. The molecule has 0 aromatic heterocycles. The molecule has 0 aromatic carbocycles. The molecular weight excluding hydrogens is 236 g/mol. The summed E-state index contributed by atoms with van der Waals surface area (Å²) in [6.45, 7) is 9.54. The summed E-state index contributed by atoms with van der Waals surface area (Å²) in [7, 11) is 0. The number of rotatable bonds is 8. The van der Waals surface area contributed by atoms with Crippen molar-refractivity contribution in [2.45, 2.75) is 72.5 Å². The molecule has 0 fully saturated rings. The highest BCUT2D eigenvalue weighted by Gasteiger charge is 2.42. The minimum Gasteiger partial charge on any atom is -0.367 e. The Morgan fingerprint density at radius 2 is 2.00 bits per heavy atom. The second kappa shape index (κ2) is 8.06. The summed E-state index contributed by atoms with van der Waals surface area (Å²) in [4.78, 5) is 0. The molecule has 1 aliphatic heterocycles. The predicted octanol–water partition coefficient (Wildman–Crippen LogP) is 4.53. The van der Waals surface area contributed by atoms with Crippen molar-refractivity contribution in [3.05, 3.63) is 12.2 Å². The fourth-order valence-corrected chi connectivity index (χ4v) is 3.34. The summed E-state index contributed by atoms with van der Waals surface area (Å²) in [5.74, 6) is 1.34. The molecule has 0 saturated heterocycles. The first-order valence-electron chi connectivity index (χ1n) is 8.08. The van der Waals surface area contributed by atoms with E-state index in [1.54, 1.807) is 0 Å². The van der Waals surface area contributed by atoms with Crippen LogP contribution in [0, 0.1) is 17.3 Å². The molecule has 0 bridgehead atoms. The fraction of sp³-hybridized carbons (Fsp3) is 0.882. The monoisotopic (exact) mass is 268 g/mol. The summed E-state index contributed by atoms with van der Waals surface area (Å²) in [5, 5.41) is 10.3. The number of aliphatic hydroxyl groups excluding tert-OH is 1. The third kappa shape index (κ3) is 4.06. The molecule has 19 heavy (non-hydrogen) atoms. The van der Waals surface area contributed by atoms with Gasteiger partial charge in [-0.1, -0.05) is 65.5 Å². The summed E-state index contributed by atoms with van der Waals surface area (Å²) in [6, 6.07) is 0. The lowest BCUT2D eigenvalue weighted by Crippen LogP contribution is -2.43. The van der Waals surface area contributed by atoms with E-state index in [-0.39, 0.29) is 5.41 Å². The standard InChI is InChI=1S/C17H32O2/c1-5-14(4)10-8-11-15(6-2)17(7-3)12-9-13-19-16(17)18/h9,12,14-16,18H,5-8,10-11,13H2,1-4H3. The highest BCUT2D eigenvalue weighted by molar-refractivity contribution is 5.07. The third-order valence-corrected chi connectivity index (χ3v) is 5.05. The third-order valence-electron chi connectivity index (χ3n) is 5.05. The fourth-order valence-electron chi connectivity index (χ4n) is 3.34. The Labute approximate surface area is 119 Å². The maximum Gasteiger partial charge on any atom is 0.164 e. The SMILES string of the molecule is CCC(C)CCCC(CC)C1(CC)C=CCOC1O. The van der Waals surface area contributed by atoms with Gasteiger partial charge in [-0.25, -0.2) is 0 Å². The first-order chi connectivity index (χ1) is 9.10. The zero-order chi connectivity index (χ0) is 14.3. The average Bonchev–Trinajstić information content (AvgIpc) is 2.44. The van der Waals surface area contributed by atoms with E-state index in [4.69, 9.17) is 4.74 Å². The number of hydrogen-bond donors (Lipinski definition) is 1. The lowest BCUT2D eigenvalue weighted by atomic mass is 9.68. The van der Waals surface area contributed by atoms with Crippen molar-refractivity contribution in [3.8, 4) is 0 Å². The van der Waals surface area contributed by atoms with Gasteiger partial charge in [-0.05, 0) is 24.7 Å². The van der Waals surface area contributed by atoms with Crippen LogP contribution in [0.4, 0.5) is 0 Å². The van der Waals surface area contributed by atoms with E-state index in [1.807, 2.05) is 0 Å². The molecule has 1 rings (SSSR count). The topological polar surface area (TPSA) is 29.5 Å². The van der Waals surface area contributed by atoms with E-state index >= 15 is 0 Å². The summed E-state index contributed by atoms with van der Waals surface area (Å²) in [5.41, 5.74) is -0.164. The van der Waals surface area contributed by atoms with Gasteiger partial charge >= 0.3 is 0 Å². The van der Waals surface area contributed by atoms with E-state index in [0.717, 1.165) is 18.8 Å². The molecule has 2 heteroatoms. The molecule has 0 aliphatic carbocycles. The predicted molar refractivity (Wildman–Crippen MR) is 80.9 cm³/mol. The minimum atomic E-state index is -0.629. The molecule has 1 heterocycles. The summed E-state index contributed by atoms with van der Waals surface area (Å²) in [6.07, 6.45) is 10.7. The largest absolute Gasteiger partial charge is 0.367 e. The van der Waals surface area contributed by atoms with Crippen molar-refractivity contribution in [3.63, 3.8) is 0 Å². The van der Waals surface area contributed by atoms with Crippen LogP contribution in [0.5, 0.6) is 0 Å². The van der Waals surface area contributed by atoms with Crippen LogP contribution in [-0.4, -0.2) is 18.0 Å². The van der Waals surface area contributed by atoms with Crippen molar-refractivity contribution in [2.24, 2.45) is 17.3 Å². The van der Waals surface area contributed by atoms with Crippen molar-refractivity contribution in [1.29, 1.82) is 0 Å². The van der Waals surface area contributed by atoms with Crippen LogP contribution in [0.25, 0.3) is 0 Å². The molecular formula is C17H32O2. The minimum absolute atomic E-state index is 0.164. The van der Waals surface area contributed by atoms with Crippen molar-refractivity contribution >= 4 is 0 Å². The summed E-state index contributed by atoms with van der Waals surface area (Å²) < 4.78 is 5.48. The summed E-state index contributed by atoms with van der Waals surface area (Å²) >= 11 is 0. The van der Waals surface area contributed by atoms with Crippen LogP contribution in [-0.2, 0) is 4.74 Å². The molecule has 0 aromatic rings. The first-order valence-corrected chi connectivity index (χ1v) is 8.08. The Balaban J connectivity index is 2.65. The van der Waals surface area contributed by atoms with Gasteiger partial charge in [0, 0.05) is 5.41 Å². The van der Waals surface area contributed by atoms with Gasteiger partial charge < -0.3 is 9.84 Å². The molecule has 4 unspecified atom stereocenters. The Hall–Kier alpha value is -0.340. The molecule has 0 radical (unpaired) electrons. The van der Waals surface area contributed by atoms with Gasteiger partial charge in [-0.2, -0.15) is 0 Å². The van der Waals surface area contributed by atoms with Crippen LogP contribution >= 0.6 is 0 Å². The van der Waals surface area contributed by atoms with E-state index in [1.165, 1.54) is 25.7 Å². The Bertz CT molecular complexity index is 274.